The van der Waals surface area contributed by atoms with Gasteiger partial charge in [0.05, 0.1) is 0 Å². The fraction of sp³-hybridized carbons (Fsp3) is 1.00. The molecule has 2 fully saturated rings. The summed E-state index contributed by atoms with van der Waals surface area (Å²) >= 11 is 0. The smallest absolute Gasteiger partial charge is 0.0105 e. The number of hydrogen-bond acceptors (Lipinski definition) is 3. The Hall–Kier alpha value is -0.120. The maximum absolute atomic E-state index is 5.53. The van der Waals surface area contributed by atoms with Gasteiger partial charge < -0.3 is 15.5 Å². The molecule has 2 rings (SSSR count). The molecule has 3 nitrogen and oxygen atoms in total. The van der Waals surface area contributed by atoms with Crippen LogP contribution >= 0.6 is 0 Å². The number of nitrogens with two attached hydrogens (primary N) is 1. The van der Waals surface area contributed by atoms with Crippen molar-refractivity contribution >= 4 is 0 Å². The van der Waals surface area contributed by atoms with Crippen molar-refractivity contribution < 1.29 is 0 Å². The second-order valence-corrected chi connectivity index (χ2v) is 4.49. The van der Waals surface area contributed by atoms with Gasteiger partial charge in [-0.25, -0.2) is 0 Å². The maximum atomic E-state index is 5.53. The standard InChI is InChI=1S/C9H19N3/c1-11-6-9(7-11)2-4-12(8-9)5-3-10/h2-8,10H2,1H3. The quantitative estimate of drug-likeness (QED) is 0.609. The first kappa shape index (κ1) is 8.48. The van der Waals surface area contributed by atoms with Crippen molar-refractivity contribution in [1.82, 2.24) is 9.80 Å². The van der Waals surface area contributed by atoms with E-state index in [1.54, 1.807) is 0 Å². The van der Waals surface area contributed by atoms with E-state index >= 15 is 0 Å². The van der Waals surface area contributed by atoms with Crippen LogP contribution in [0.2, 0.25) is 0 Å². The summed E-state index contributed by atoms with van der Waals surface area (Å²) in [5.74, 6) is 0. The third-order valence-electron chi connectivity index (χ3n) is 3.17. The Morgan fingerprint density at radius 3 is 2.67 bits per heavy atom. The van der Waals surface area contributed by atoms with E-state index in [9.17, 15) is 0 Å². The lowest BCUT2D eigenvalue weighted by atomic mass is 9.79. The highest BCUT2D eigenvalue weighted by Crippen LogP contribution is 2.38. The second kappa shape index (κ2) is 2.98. The van der Waals surface area contributed by atoms with Crippen LogP contribution in [0.25, 0.3) is 0 Å². The van der Waals surface area contributed by atoms with E-state index in [4.69, 9.17) is 5.73 Å². The maximum Gasteiger partial charge on any atom is 0.0105 e. The zero-order valence-electron chi connectivity index (χ0n) is 7.92. The van der Waals surface area contributed by atoms with Gasteiger partial charge in [0.1, 0.15) is 0 Å². The zero-order valence-corrected chi connectivity index (χ0v) is 7.92. The molecule has 2 saturated heterocycles. The number of nitrogens with zero attached hydrogens (tertiary/aromatic N) is 2. The largest absolute Gasteiger partial charge is 0.329 e. The molecule has 12 heavy (non-hydrogen) atoms. The van der Waals surface area contributed by atoms with E-state index in [2.05, 4.69) is 16.8 Å². The molecule has 0 aromatic heterocycles. The second-order valence-electron chi connectivity index (χ2n) is 4.49. The molecule has 0 saturated carbocycles. The normalized spacial score (nSPS) is 29.5. The van der Waals surface area contributed by atoms with Gasteiger partial charge in [-0.2, -0.15) is 0 Å². The molecular formula is C9H19N3. The summed E-state index contributed by atoms with van der Waals surface area (Å²) in [7, 11) is 2.21. The van der Waals surface area contributed by atoms with Crippen molar-refractivity contribution in [3.05, 3.63) is 0 Å². The lowest BCUT2D eigenvalue weighted by Crippen LogP contribution is -2.55. The highest BCUT2D eigenvalue weighted by molar-refractivity contribution is 5.00. The highest BCUT2D eigenvalue weighted by Gasteiger charge is 2.45. The Labute approximate surface area is 74.5 Å². The summed E-state index contributed by atoms with van der Waals surface area (Å²) in [6.45, 7) is 7.05. The van der Waals surface area contributed by atoms with Crippen LogP contribution in [0.3, 0.4) is 0 Å². The van der Waals surface area contributed by atoms with Crippen molar-refractivity contribution in [1.29, 1.82) is 0 Å². The molecule has 0 bridgehead atoms. The van der Waals surface area contributed by atoms with E-state index in [-0.39, 0.29) is 0 Å². The first-order chi connectivity index (χ1) is 5.74. The van der Waals surface area contributed by atoms with E-state index in [1.165, 1.54) is 32.6 Å². The minimum Gasteiger partial charge on any atom is -0.329 e. The average Bonchev–Trinajstić information content (AvgIpc) is 2.33. The van der Waals surface area contributed by atoms with Crippen LogP contribution in [0, 0.1) is 5.41 Å². The molecule has 0 unspecified atom stereocenters. The molecule has 2 heterocycles. The van der Waals surface area contributed by atoms with Gasteiger partial charge in [0, 0.05) is 38.1 Å². The molecule has 1 spiro atoms. The average molecular weight is 169 g/mol. The van der Waals surface area contributed by atoms with Gasteiger partial charge >= 0.3 is 0 Å². The molecule has 2 aliphatic rings. The van der Waals surface area contributed by atoms with E-state index in [0.29, 0.717) is 5.41 Å². The third-order valence-corrected chi connectivity index (χ3v) is 3.17. The molecule has 2 N–H and O–H groups in total. The highest BCUT2D eigenvalue weighted by atomic mass is 15.3. The SMILES string of the molecule is CN1CC2(CCN(CCN)C2)C1. The molecule has 3 heteroatoms. The van der Waals surface area contributed by atoms with Crippen LogP contribution in [-0.4, -0.2) is 56.1 Å². The van der Waals surface area contributed by atoms with Gasteiger partial charge in [-0.05, 0) is 20.0 Å². The summed E-state index contributed by atoms with van der Waals surface area (Å²) in [6.07, 6.45) is 1.39. The topological polar surface area (TPSA) is 32.5 Å². The first-order valence-corrected chi connectivity index (χ1v) is 4.85. The molecule has 2 aliphatic heterocycles. The van der Waals surface area contributed by atoms with Crippen molar-refractivity contribution in [3.63, 3.8) is 0 Å². The lowest BCUT2D eigenvalue weighted by molar-refractivity contribution is 0.0311. The van der Waals surface area contributed by atoms with Crippen molar-refractivity contribution in [3.8, 4) is 0 Å². The Kier molecular flexibility index (Phi) is 2.10. The van der Waals surface area contributed by atoms with Crippen molar-refractivity contribution in [2.75, 3.05) is 46.3 Å². The van der Waals surface area contributed by atoms with Gasteiger partial charge in [-0.3, -0.25) is 0 Å². The van der Waals surface area contributed by atoms with Gasteiger partial charge in [0.2, 0.25) is 0 Å². The Bertz CT molecular complexity index is 163. The summed E-state index contributed by atoms with van der Waals surface area (Å²) < 4.78 is 0. The predicted octanol–water partition coefficient (Wildman–Crippen LogP) is -0.417. The number of likely N-dealkylation sites (tertiary alicyclic amines) is 2. The van der Waals surface area contributed by atoms with Crippen LogP contribution in [0.1, 0.15) is 6.42 Å². The predicted molar refractivity (Wildman–Crippen MR) is 50.0 cm³/mol. The van der Waals surface area contributed by atoms with Crippen LogP contribution in [-0.2, 0) is 0 Å². The van der Waals surface area contributed by atoms with E-state index < -0.39 is 0 Å². The zero-order chi connectivity index (χ0) is 8.60. The lowest BCUT2D eigenvalue weighted by Gasteiger charge is -2.46. The van der Waals surface area contributed by atoms with Crippen molar-refractivity contribution in [2.45, 2.75) is 6.42 Å². The molecule has 0 amide bonds. The van der Waals surface area contributed by atoms with Gasteiger partial charge in [0.15, 0.2) is 0 Å². The minimum atomic E-state index is 0.657. The van der Waals surface area contributed by atoms with Gasteiger partial charge in [-0.15, -0.1) is 0 Å². The van der Waals surface area contributed by atoms with Crippen LogP contribution in [0.4, 0.5) is 0 Å². The molecule has 70 valence electrons. The number of rotatable bonds is 2. The summed E-state index contributed by atoms with van der Waals surface area (Å²) in [6, 6.07) is 0. The molecule has 0 atom stereocenters. The fourth-order valence-corrected chi connectivity index (χ4v) is 2.76. The molecular weight excluding hydrogens is 150 g/mol. The minimum absolute atomic E-state index is 0.657. The van der Waals surface area contributed by atoms with E-state index in [0.717, 1.165) is 13.1 Å². The number of hydrogen-bond donors (Lipinski definition) is 1. The summed E-state index contributed by atoms with van der Waals surface area (Å²) in [5, 5.41) is 0. The van der Waals surface area contributed by atoms with Crippen LogP contribution in [0.15, 0.2) is 0 Å². The fourth-order valence-electron chi connectivity index (χ4n) is 2.76. The third kappa shape index (κ3) is 1.37. The molecule has 0 aliphatic carbocycles. The van der Waals surface area contributed by atoms with Crippen molar-refractivity contribution in [2.24, 2.45) is 11.1 Å². The Balaban J connectivity index is 1.82. The monoisotopic (exact) mass is 169 g/mol. The summed E-state index contributed by atoms with van der Waals surface area (Å²) in [4.78, 5) is 4.92. The molecule has 0 radical (unpaired) electrons. The molecule has 0 aromatic carbocycles. The Morgan fingerprint density at radius 1 is 1.33 bits per heavy atom. The van der Waals surface area contributed by atoms with Gasteiger partial charge in [-0.1, -0.05) is 0 Å². The summed E-state index contributed by atoms with van der Waals surface area (Å²) in [5.41, 5.74) is 6.19. The first-order valence-electron chi connectivity index (χ1n) is 4.85. The van der Waals surface area contributed by atoms with Crippen LogP contribution in [0.5, 0.6) is 0 Å². The Morgan fingerprint density at radius 2 is 2.08 bits per heavy atom. The van der Waals surface area contributed by atoms with E-state index in [1.807, 2.05) is 0 Å². The van der Waals surface area contributed by atoms with Crippen LogP contribution < -0.4 is 5.73 Å². The van der Waals surface area contributed by atoms with Gasteiger partial charge in [0.25, 0.3) is 0 Å². The molecule has 0 aromatic rings.